The zero-order chi connectivity index (χ0) is 14.7. The van der Waals surface area contributed by atoms with Gasteiger partial charge in [0, 0.05) is 20.1 Å². The highest BCUT2D eigenvalue weighted by atomic mass is 127. The predicted molar refractivity (Wildman–Crippen MR) is 93.8 cm³/mol. The standard InChI is InChI=1S/C14H10BrCl2IO2/c15-10-2-1-3-13(14(10)18)20-7-12(19)9-5-4-8(16)6-11(9)17/h1-6,12,19H,7H2. The van der Waals surface area contributed by atoms with Crippen molar-refractivity contribution in [3.05, 3.63) is 60.0 Å². The van der Waals surface area contributed by atoms with Crippen LogP contribution in [0.15, 0.2) is 40.9 Å². The average Bonchev–Trinajstić information content (AvgIpc) is 2.40. The quantitative estimate of drug-likeness (QED) is 0.579. The Morgan fingerprint density at radius 1 is 1.25 bits per heavy atom. The van der Waals surface area contributed by atoms with E-state index in [1.807, 2.05) is 18.2 Å². The Labute approximate surface area is 149 Å². The summed E-state index contributed by atoms with van der Waals surface area (Å²) >= 11 is 17.5. The number of aliphatic hydroxyl groups is 1. The lowest BCUT2D eigenvalue weighted by Gasteiger charge is -2.15. The van der Waals surface area contributed by atoms with E-state index in [2.05, 4.69) is 38.5 Å². The Kier molecular flexibility index (Phi) is 5.98. The first-order chi connectivity index (χ1) is 9.49. The van der Waals surface area contributed by atoms with Gasteiger partial charge in [0.2, 0.25) is 0 Å². The molecule has 2 rings (SSSR count). The lowest BCUT2D eigenvalue weighted by atomic mass is 10.1. The van der Waals surface area contributed by atoms with E-state index in [9.17, 15) is 5.11 Å². The van der Waals surface area contributed by atoms with Gasteiger partial charge in [-0.15, -0.1) is 0 Å². The van der Waals surface area contributed by atoms with Gasteiger partial charge in [-0.3, -0.25) is 0 Å². The first-order valence-corrected chi connectivity index (χ1v) is 8.31. The Balaban J connectivity index is 2.08. The normalized spacial score (nSPS) is 12.2. The van der Waals surface area contributed by atoms with Gasteiger partial charge in [-0.2, -0.15) is 0 Å². The molecule has 0 heterocycles. The van der Waals surface area contributed by atoms with E-state index in [0.29, 0.717) is 21.4 Å². The average molecular weight is 488 g/mol. The fourth-order valence-electron chi connectivity index (χ4n) is 1.63. The summed E-state index contributed by atoms with van der Waals surface area (Å²) in [6.45, 7) is 0.119. The molecule has 2 aromatic rings. The number of hydrogen-bond donors (Lipinski definition) is 1. The molecule has 0 spiro atoms. The van der Waals surface area contributed by atoms with Crippen molar-refractivity contribution in [3.63, 3.8) is 0 Å². The Morgan fingerprint density at radius 3 is 2.70 bits per heavy atom. The van der Waals surface area contributed by atoms with Gasteiger partial charge in [-0.05, 0) is 62.8 Å². The van der Waals surface area contributed by atoms with Crippen LogP contribution >= 0.6 is 61.7 Å². The summed E-state index contributed by atoms with van der Waals surface area (Å²) in [5.74, 6) is 0.712. The van der Waals surface area contributed by atoms with Crippen molar-refractivity contribution in [1.82, 2.24) is 0 Å². The zero-order valence-corrected chi connectivity index (χ0v) is 15.4. The highest BCUT2D eigenvalue weighted by Crippen LogP contribution is 2.30. The van der Waals surface area contributed by atoms with Gasteiger partial charge in [-0.25, -0.2) is 0 Å². The predicted octanol–water partition coefficient (Wildman–Crippen LogP) is 5.47. The minimum absolute atomic E-state index is 0.119. The third-order valence-corrected chi connectivity index (χ3v) is 5.71. The van der Waals surface area contributed by atoms with Crippen molar-refractivity contribution < 1.29 is 9.84 Å². The molecule has 0 saturated carbocycles. The molecule has 0 amide bonds. The maximum Gasteiger partial charge on any atom is 0.133 e. The first-order valence-electron chi connectivity index (χ1n) is 5.69. The summed E-state index contributed by atoms with van der Waals surface area (Å²) in [5, 5.41) is 11.1. The van der Waals surface area contributed by atoms with Crippen LogP contribution in [0.4, 0.5) is 0 Å². The molecule has 0 radical (unpaired) electrons. The molecule has 0 aliphatic carbocycles. The van der Waals surface area contributed by atoms with Crippen molar-refractivity contribution in [2.45, 2.75) is 6.10 Å². The fraction of sp³-hybridized carbons (Fsp3) is 0.143. The van der Waals surface area contributed by atoms with Crippen molar-refractivity contribution in [3.8, 4) is 5.75 Å². The molecule has 2 nitrogen and oxygen atoms in total. The first kappa shape index (κ1) is 16.4. The van der Waals surface area contributed by atoms with Crippen LogP contribution in [0.1, 0.15) is 11.7 Å². The monoisotopic (exact) mass is 486 g/mol. The highest BCUT2D eigenvalue weighted by Gasteiger charge is 2.14. The number of hydrogen-bond acceptors (Lipinski definition) is 2. The van der Waals surface area contributed by atoms with Gasteiger partial charge < -0.3 is 9.84 Å². The smallest absolute Gasteiger partial charge is 0.133 e. The van der Waals surface area contributed by atoms with Crippen molar-refractivity contribution in [2.24, 2.45) is 0 Å². The van der Waals surface area contributed by atoms with Crippen molar-refractivity contribution in [1.29, 1.82) is 0 Å². The minimum atomic E-state index is -0.811. The second-order valence-electron chi connectivity index (χ2n) is 4.04. The van der Waals surface area contributed by atoms with Crippen LogP contribution < -0.4 is 4.74 Å². The molecule has 6 heteroatoms. The van der Waals surface area contributed by atoms with Crippen LogP contribution in [0.25, 0.3) is 0 Å². The van der Waals surface area contributed by atoms with Crippen LogP contribution in [0, 0.1) is 3.57 Å². The van der Waals surface area contributed by atoms with Crippen LogP contribution in [-0.2, 0) is 0 Å². The van der Waals surface area contributed by atoms with Gasteiger partial charge in [0.05, 0.1) is 3.57 Å². The molecule has 1 unspecified atom stereocenters. The molecule has 0 fully saturated rings. The second-order valence-corrected chi connectivity index (χ2v) is 6.82. The van der Waals surface area contributed by atoms with E-state index >= 15 is 0 Å². The summed E-state index contributed by atoms with van der Waals surface area (Å²) < 4.78 is 7.55. The molecular formula is C14H10BrCl2IO2. The molecule has 0 aromatic heterocycles. The van der Waals surface area contributed by atoms with Crippen LogP contribution in [0.5, 0.6) is 5.75 Å². The second kappa shape index (κ2) is 7.31. The molecule has 0 aliphatic rings. The highest BCUT2D eigenvalue weighted by molar-refractivity contribution is 14.1. The third-order valence-electron chi connectivity index (χ3n) is 2.63. The van der Waals surface area contributed by atoms with Gasteiger partial charge in [0.1, 0.15) is 18.5 Å². The Bertz CT molecular complexity index is 622. The summed E-state index contributed by atoms with van der Waals surface area (Å²) in [7, 11) is 0. The SMILES string of the molecule is OC(COc1cccc(Br)c1I)c1ccc(Cl)cc1Cl. The van der Waals surface area contributed by atoms with E-state index < -0.39 is 6.10 Å². The van der Waals surface area contributed by atoms with E-state index in [4.69, 9.17) is 27.9 Å². The van der Waals surface area contributed by atoms with Crippen molar-refractivity contribution >= 4 is 61.7 Å². The van der Waals surface area contributed by atoms with E-state index in [0.717, 1.165) is 8.04 Å². The summed E-state index contributed by atoms with van der Waals surface area (Å²) in [6.07, 6.45) is -0.811. The number of benzene rings is 2. The number of aliphatic hydroxyl groups excluding tert-OH is 1. The molecule has 0 saturated heterocycles. The Morgan fingerprint density at radius 2 is 2.00 bits per heavy atom. The molecule has 1 atom stereocenters. The lowest BCUT2D eigenvalue weighted by molar-refractivity contribution is 0.108. The van der Waals surface area contributed by atoms with Crippen LogP contribution in [0.2, 0.25) is 10.0 Å². The van der Waals surface area contributed by atoms with Gasteiger partial charge >= 0.3 is 0 Å². The maximum absolute atomic E-state index is 10.1. The third kappa shape index (κ3) is 4.01. The van der Waals surface area contributed by atoms with E-state index in [1.54, 1.807) is 18.2 Å². The summed E-state index contributed by atoms with van der Waals surface area (Å²) in [6, 6.07) is 10.6. The molecule has 106 valence electrons. The van der Waals surface area contributed by atoms with Crippen LogP contribution in [-0.4, -0.2) is 11.7 Å². The number of halogens is 4. The number of rotatable bonds is 4. The Hall–Kier alpha value is -0.0100. The summed E-state index contributed by atoms with van der Waals surface area (Å²) in [5.41, 5.74) is 0.598. The zero-order valence-electron chi connectivity index (χ0n) is 10.1. The molecule has 0 bridgehead atoms. The molecular weight excluding hydrogens is 478 g/mol. The molecule has 2 aromatic carbocycles. The molecule has 20 heavy (non-hydrogen) atoms. The molecule has 0 aliphatic heterocycles. The van der Waals surface area contributed by atoms with Gasteiger partial charge in [0.15, 0.2) is 0 Å². The van der Waals surface area contributed by atoms with Gasteiger partial charge in [-0.1, -0.05) is 35.3 Å². The van der Waals surface area contributed by atoms with Crippen LogP contribution in [0.3, 0.4) is 0 Å². The largest absolute Gasteiger partial charge is 0.489 e. The number of ether oxygens (including phenoxy) is 1. The summed E-state index contributed by atoms with van der Waals surface area (Å²) in [4.78, 5) is 0. The fourth-order valence-corrected chi connectivity index (χ4v) is 3.02. The maximum atomic E-state index is 10.1. The van der Waals surface area contributed by atoms with E-state index in [-0.39, 0.29) is 6.61 Å². The van der Waals surface area contributed by atoms with Gasteiger partial charge in [0.25, 0.3) is 0 Å². The lowest BCUT2D eigenvalue weighted by Crippen LogP contribution is -2.10. The van der Waals surface area contributed by atoms with E-state index in [1.165, 1.54) is 0 Å². The topological polar surface area (TPSA) is 29.5 Å². The molecule has 1 N–H and O–H groups in total. The minimum Gasteiger partial charge on any atom is -0.489 e. The van der Waals surface area contributed by atoms with Crippen molar-refractivity contribution in [2.75, 3.05) is 6.61 Å².